The molecule has 0 bridgehead atoms. The Kier molecular flexibility index (Phi) is 4.59. The Morgan fingerprint density at radius 2 is 1.78 bits per heavy atom. The molecule has 104 valence electrons. The van der Waals surface area contributed by atoms with Gasteiger partial charge in [-0.3, -0.25) is 4.79 Å². The third-order valence-corrected chi connectivity index (χ3v) is 3.61. The fraction of sp³-hybridized carbons (Fsp3) is 0.846. The summed E-state index contributed by atoms with van der Waals surface area (Å²) in [5.74, 6) is -0.354. The van der Waals surface area contributed by atoms with E-state index in [1.165, 1.54) is 4.90 Å². The molecule has 1 saturated heterocycles. The molecule has 0 spiro atoms. The second-order valence-electron chi connectivity index (χ2n) is 5.99. The molecule has 1 rings (SSSR count). The maximum absolute atomic E-state index is 11.9. The zero-order valence-electron chi connectivity index (χ0n) is 11.6. The minimum atomic E-state index is -0.912. The fourth-order valence-electron chi connectivity index (χ4n) is 1.75. The predicted octanol–water partition coefficient (Wildman–Crippen LogP) is 2.35. The van der Waals surface area contributed by atoms with E-state index in [0.717, 1.165) is 0 Å². The second kappa shape index (κ2) is 5.59. The van der Waals surface area contributed by atoms with E-state index in [2.05, 4.69) is 0 Å². The summed E-state index contributed by atoms with van der Waals surface area (Å²) in [7, 11) is 0. The molecular formula is C13H23NO4. The SMILES string of the molecule is CC(OC(=O)C1CCN(C(=O)O)CC1)C(C)(C)C. The molecule has 0 radical (unpaired) electrons. The molecule has 1 unspecified atom stereocenters. The van der Waals surface area contributed by atoms with Crippen molar-refractivity contribution in [2.45, 2.75) is 46.6 Å². The molecule has 0 aromatic heterocycles. The highest BCUT2D eigenvalue weighted by Gasteiger charge is 2.31. The van der Waals surface area contributed by atoms with Gasteiger partial charge < -0.3 is 14.7 Å². The van der Waals surface area contributed by atoms with E-state index in [4.69, 9.17) is 9.84 Å². The van der Waals surface area contributed by atoms with Gasteiger partial charge in [0.05, 0.1) is 5.92 Å². The molecule has 1 N–H and O–H groups in total. The van der Waals surface area contributed by atoms with Crippen LogP contribution in [0.15, 0.2) is 0 Å². The molecule has 0 aliphatic carbocycles. The van der Waals surface area contributed by atoms with Crippen molar-refractivity contribution in [2.75, 3.05) is 13.1 Å². The predicted molar refractivity (Wildman–Crippen MR) is 67.3 cm³/mol. The van der Waals surface area contributed by atoms with E-state index < -0.39 is 6.09 Å². The monoisotopic (exact) mass is 257 g/mol. The molecule has 18 heavy (non-hydrogen) atoms. The lowest BCUT2D eigenvalue weighted by molar-refractivity contribution is -0.159. The molecule has 0 saturated carbocycles. The van der Waals surface area contributed by atoms with E-state index in [0.29, 0.717) is 25.9 Å². The number of hydrogen-bond acceptors (Lipinski definition) is 3. The summed E-state index contributed by atoms with van der Waals surface area (Å²) >= 11 is 0. The van der Waals surface area contributed by atoms with E-state index >= 15 is 0 Å². The number of rotatable bonds is 2. The lowest BCUT2D eigenvalue weighted by Gasteiger charge is -2.32. The van der Waals surface area contributed by atoms with Crippen LogP contribution < -0.4 is 0 Å². The highest BCUT2D eigenvalue weighted by molar-refractivity contribution is 5.73. The molecule has 1 heterocycles. The van der Waals surface area contributed by atoms with Crippen molar-refractivity contribution in [3.8, 4) is 0 Å². The molecule has 0 aromatic carbocycles. The number of ether oxygens (including phenoxy) is 1. The van der Waals surface area contributed by atoms with Gasteiger partial charge in [-0.2, -0.15) is 0 Å². The Hall–Kier alpha value is -1.26. The van der Waals surface area contributed by atoms with Gasteiger partial charge in [0.25, 0.3) is 0 Å². The number of carbonyl (C=O) groups excluding carboxylic acids is 1. The summed E-state index contributed by atoms with van der Waals surface area (Å²) in [5.41, 5.74) is -0.0720. The Labute approximate surface area is 108 Å². The first kappa shape index (κ1) is 14.8. The topological polar surface area (TPSA) is 66.8 Å². The van der Waals surface area contributed by atoms with Crippen molar-refractivity contribution in [1.29, 1.82) is 0 Å². The van der Waals surface area contributed by atoms with Crippen LogP contribution in [0.3, 0.4) is 0 Å². The first-order valence-electron chi connectivity index (χ1n) is 6.40. The highest BCUT2D eigenvalue weighted by Crippen LogP contribution is 2.25. The number of esters is 1. The largest absolute Gasteiger partial charge is 0.465 e. The van der Waals surface area contributed by atoms with Crippen LogP contribution in [-0.4, -0.2) is 41.3 Å². The van der Waals surface area contributed by atoms with Crippen molar-refractivity contribution >= 4 is 12.1 Å². The molecule has 5 heteroatoms. The molecule has 1 fully saturated rings. The van der Waals surface area contributed by atoms with Crippen LogP contribution in [0.1, 0.15) is 40.5 Å². The number of amides is 1. The Balaban J connectivity index is 2.43. The van der Waals surface area contributed by atoms with Crippen molar-refractivity contribution in [3.05, 3.63) is 0 Å². The van der Waals surface area contributed by atoms with E-state index in [1.807, 2.05) is 27.7 Å². The summed E-state index contributed by atoms with van der Waals surface area (Å²) in [5, 5.41) is 8.82. The number of nitrogens with zero attached hydrogens (tertiary/aromatic N) is 1. The maximum Gasteiger partial charge on any atom is 0.407 e. The second-order valence-corrected chi connectivity index (χ2v) is 5.99. The van der Waals surface area contributed by atoms with Gasteiger partial charge in [0.1, 0.15) is 6.10 Å². The molecule has 1 amide bonds. The number of hydrogen-bond donors (Lipinski definition) is 1. The quantitative estimate of drug-likeness (QED) is 0.771. The molecule has 0 aromatic rings. The molecule has 1 aliphatic rings. The summed E-state index contributed by atoms with van der Waals surface area (Å²) < 4.78 is 5.45. The lowest BCUT2D eigenvalue weighted by atomic mass is 9.90. The number of piperidine rings is 1. The van der Waals surface area contributed by atoms with Crippen molar-refractivity contribution in [3.63, 3.8) is 0 Å². The van der Waals surface area contributed by atoms with Crippen LogP contribution in [-0.2, 0) is 9.53 Å². The molecule has 1 aliphatic heterocycles. The average molecular weight is 257 g/mol. The normalized spacial score (nSPS) is 19.4. The van der Waals surface area contributed by atoms with Crippen LogP contribution in [0.25, 0.3) is 0 Å². The third kappa shape index (κ3) is 3.89. The highest BCUT2D eigenvalue weighted by atomic mass is 16.5. The number of likely N-dealkylation sites (tertiary alicyclic amines) is 1. The van der Waals surface area contributed by atoms with Crippen molar-refractivity contribution < 1.29 is 19.4 Å². The first-order chi connectivity index (χ1) is 8.21. The van der Waals surface area contributed by atoms with Crippen molar-refractivity contribution in [1.82, 2.24) is 4.90 Å². The van der Waals surface area contributed by atoms with E-state index in [1.54, 1.807) is 0 Å². The van der Waals surface area contributed by atoms with Gasteiger partial charge >= 0.3 is 12.1 Å². The first-order valence-corrected chi connectivity index (χ1v) is 6.40. The molecule has 5 nitrogen and oxygen atoms in total. The van der Waals surface area contributed by atoms with Gasteiger partial charge in [0, 0.05) is 13.1 Å². The van der Waals surface area contributed by atoms with Crippen LogP contribution in [0.4, 0.5) is 4.79 Å². The summed E-state index contributed by atoms with van der Waals surface area (Å²) in [6.45, 7) is 8.80. The van der Waals surface area contributed by atoms with Gasteiger partial charge in [-0.25, -0.2) is 4.79 Å². The van der Waals surface area contributed by atoms with Gasteiger partial charge in [0.15, 0.2) is 0 Å². The standard InChI is InChI=1S/C13H23NO4/c1-9(13(2,3)4)18-11(15)10-5-7-14(8-6-10)12(16)17/h9-10H,5-8H2,1-4H3,(H,16,17). The smallest absolute Gasteiger partial charge is 0.407 e. The van der Waals surface area contributed by atoms with Crippen LogP contribution in [0.2, 0.25) is 0 Å². The van der Waals surface area contributed by atoms with Crippen molar-refractivity contribution in [2.24, 2.45) is 11.3 Å². The minimum Gasteiger partial charge on any atom is -0.465 e. The van der Waals surface area contributed by atoms with Gasteiger partial charge in [-0.15, -0.1) is 0 Å². The Bertz CT molecular complexity index is 313. The maximum atomic E-state index is 11.9. The zero-order chi connectivity index (χ0) is 13.9. The molecular weight excluding hydrogens is 234 g/mol. The fourth-order valence-corrected chi connectivity index (χ4v) is 1.75. The lowest BCUT2D eigenvalue weighted by Crippen LogP contribution is -2.41. The summed E-state index contributed by atoms with van der Waals surface area (Å²) in [6.07, 6.45) is 0.0663. The Morgan fingerprint density at radius 1 is 1.28 bits per heavy atom. The Morgan fingerprint density at radius 3 is 2.17 bits per heavy atom. The van der Waals surface area contributed by atoms with Gasteiger partial charge in [-0.1, -0.05) is 20.8 Å². The number of carboxylic acid groups (broad SMARTS) is 1. The third-order valence-electron chi connectivity index (χ3n) is 3.61. The van der Waals surface area contributed by atoms with Gasteiger partial charge in [0.2, 0.25) is 0 Å². The van der Waals surface area contributed by atoms with Crippen LogP contribution >= 0.6 is 0 Å². The average Bonchev–Trinajstić information content (AvgIpc) is 2.27. The van der Waals surface area contributed by atoms with E-state index in [9.17, 15) is 9.59 Å². The molecule has 1 atom stereocenters. The van der Waals surface area contributed by atoms with Gasteiger partial charge in [-0.05, 0) is 25.2 Å². The van der Waals surface area contributed by atoms with Crippen LogP contribution in [0.5, 0.6) is 0 Å². The zero-order valence-corrected chi connectivity index (χ0v) is 11.6. The minimum absolute atomic E-state index is 0.0720. The van der Waals surface area contributed by atoms with E-state index in [-0.39, 0.29) is 23.4 Å². The summed E-state index contributed by atoms with van der Waals surface area (Å²) in [4.78, 5) is 24.0. The number of carbonyl (C=O) groups is 2. The summed E-state index contributed by atoms with van der Waals surface area (Å²) in [6, 6.07) is 0. The van der Waals surface area contributed by atoms with Crippen LogP contribution in [0, 0.1) is 11.3 Å².